The number of fused-ring (bicyclic) bond motifs is 1. The smallest absolute Gasteiger partial charge is 0.326 e. The van der Waals surface area contributed by atoms with Crippen LogP contribution in [0.3, 0.4) is 0 Å². The van der Waals surface area contributed by atoms with Gasteiger partial charge in [0.1, 0.15) is 12.3 Å². The molecule has 152 valence electrons. The lowest BCUT2D eigenvalue weighted by Gasteiger charge is -2.14. The Bertz CT molecular complexity index is 929. The maximum absolute atomic E-state index is 12.2. The summed E-state index contributed by atoms with van der Waals surface area (Å²) in [5.41, 5.74) is 0.767. The number of carbonyl (C=O) groups excluding carboxylic acids is 3. The Balaban J connectivity index is 1.48. The zero-order valence-electron chi connectivity index (χ0n) is 15.9. The summed E-state index contributed by atoms with van der Waals surface area (Å²) in [6.45, 7) is 1.17. The Morgan fingerprint density at radius 2 is 1.86 bits per heavy atom. The number of hydrogen-bond acceptors (Lipinski definition) is 7. The number of esters is 1. The van der Waals surface area contributed by atoms with Gasteiger partial charge in [0.25, 0.3) is 11.8 Å². The van der Waals surface area contributed by atoms with Crippen molar-refractivity contribution in [3.8, 4) is 17.2 Å². The summed E-state index contributed by atoms with van der Waals surface area (Å²) in [6.07, 6.45) is -1.06. The first-order valence-electron chi connectivity index (χ1n) is 8.79. The standard InChI is InChI=1S/C20H20N2O7/c1-12(19(24)22-13-7-8-16-17(9-13)28-11-27-16)29-18(23)10-21-20(25)14-5-3-4-6-15(14)26-2/h3-9,12H,10-11H2,1-2H3,(H,21,25)(H,22,24)/t12-/m0/s1. The van der Waals surface area contributed by atoms with Gasteiger partial charge in [-0.1, -0.05) is 12.1 Å². The van der Waals surface area contributed by atoms with Gasteiger partial charge in [-0.05, 0) is 31.2 Å². The van der Waals surface area contributed by atoms with Crippen LogP contribution in [0.1, 0.15) is 17.3 Å². The molecule has 0 aromatic heterocycles. The minimum atomic E-state index is -1.06. The molecule has 2 amide bonds. The van der Waals surface area contributed by atoms with Gasteiger partial charge in [0.05, 0.1) is 12.7 Å². The van der Waals surface area contributed by atoms with Crippen LogP contribution in [0.4, 0.5) is 5.69 Å². The van der Waals surface area contributed by atoms with E-state index in [0.29, 0.717) is 22.9 Å². The molecule has 0 spiro atoms. The molecule has 1 aliphatic heterocycles. The molecule has 1 aliphatic rings. The van der Waals surface area contributed by atoms with E-state index >= 15 is 0 Å². The topological polar surface area (TPSA) is 112 Å². The van der Waals surface area contributed by atoms with Crippen molar-refractivity contribution in [1.82, 2.24) is 5.32 Å². The number of anilines is 1. The number of ether oxygens (including phenoxy) is 4. The molecule has 1 atom stereocenters. The quantitative estimate of drug-likeness (QED) is 0.681. The Hall–Kier alpha value is -3.75. The molecular weight excluding hydrogens is 380 g/mol. The monoisotopic (exact) mass is 400 g/mol. The minimum Gasteiger partial charge on any atom is -0.496 e. The van der Waals surface area contributed by atoms with Gasteiger partial charge < -0.3 is 29.6 Å². The van der Waals surface area contributed by atoms with Gasteiger partial charge in [0, 0.05) is 11.8 Å². The van der Waals surface area contributed by atoms with E-state index in [4.69, 9.17) is 18.9 Å². The van der Waals surface area contributed by atoms with E-state index in [0.717, 1.165) is 0 Å². The molecule has 1 heterocycles. The molecule has 0 radical (unpaired) electrons. The van der Waals surface area contributed by atoms with E-state index in [2.05, 4.69) is 10.6 Å². The second-order valence-electron chi connectivity index (χ2n) is 6.07. The molecule has 9 nitrogen and oxygen atoms in total. The third-order valence-electron chi connectivity index (χ3n) is 4.06. The molecule has 0 saturated heterocycles. The number of methoxy groups -OCH3 is 1. The maximum Gasteiger partial charge on any atom is 0.326 e. The van der Waals surface area contributed by atoms with Gasteiger partial charge in [0.2, 0.25) is 6.79 Å². The van der Waals surface area contributed by atoms with E-state index in [1.807, 2.05) is 0 Å². The largest absolute Gasteiger partial charge is 0.496 e. The van der Waals surface area contributed by atoms with Gasteiger partial charge in [-0.3, -0.25) is 14.4 Å². The second-order valence-corrected chi connectivity index (χ2v) is 6.07. The Morgan fingerprint density at radius 3 is 2.66 bits per heavy atom. The minimum absolute atomic E-state index is 0.126. The lowest BCUT2D eigenvalue weighted by Crippen LogP contribution is -2.35. The predicted octanol–water partition coefficient (Wildman–Crippen LogP) is 1.72. The Labute approximate surface area is 166 Å². The van der Waals surface area contributed by atoms with Gasteiger partial charge in [-0.25, -0.2) is 0 Å². The lowest BCUT2D eigenvalue weighted by molar-refractivity contribution is -0.152. The Morgan fingerprint density at radius 1 is 1.10 bits per heavy atom. The number of amides is 2. The molecule has 0 bridgehead atoms. The van der Waals surface area contributed by atoms with Crippen molar-refractivity contribution in [3.63, 3.8) is 0 Å². The van der Waals surface area contributed by atoms with Crippen molar-refractivity contribution >= 4 is 23.5 Å². The van der Waals surface area contributed by atoms with Crippen LogP contribution in [0.15, 0.2) is 42.5 Å². The van der Waals surface area contributed by atoms with Crippen molar-refractivity contribution in [2.45, 2.75) is 13.0 Å². The molecule has 9 heteroatoms. The molecular formula is C20H20N2O7. The van der Waals surface area contributed by atoms with Gasteiger partial charge in [0.15, 0.2) is 17.6 Å². The first kappa shape index (κ1) is 20.0. The summed E-state index contributed by atoms with van der Waals surface area (Å²) in [5.74, 6) is -0.263. The molecule has 2 N–H and O–H groups in total. The van der Waals surface area contributed by atoms with E-state index in [-0.39, 0.29) is 12.4 Å². The number of nitrogens with one attached hydrogen (secondary N) is 2. The van der Waals surface area contributed by atoms with Crippen molar-refractivity contribution in [3.05, 3.63) is 48.0 Å². The second kappa shape index (κ2) is 8.96. The molecule has 2 aromatic carbocycles. The van der Waals surface area contributed by atoms with E-state index in [1.165, 1.54) is 14.0 Å². The number of rotatable bonds is 7. The third kappa shape index (κ3) is 4.95. The van der Waals surface area contributed by atoms with Crippen molar-refractivity contribution < 1.29 is 33.3 Å². The Kier molecular flexibility index (Phi) is 6.18. The van der Waals surface area contributed by atoms with E-state index in [1.54, 1.807) is 42.5 Å². The normalized spacial score (nSPS) is 12.6. The van der Waals surface area contributed by atoms with Crippen molar-refractivity contribution in [2.24, 2.45) is 0 Å². The lowest BCUT2D eigenvalue weighted by atomic mass is 10.2. The highest BCUT2D eigenvalue weighted by Gasteiger charge is 2.20. The first-order valence-corrected chi connectivity index (χ1v) is 8.79. The first-order chi connectivity index (χ1) is 14.0. The number of para-hydroxylation sites is 1. The molecule has 0 saturated carbocycles. The summed E-state index contributed by atoms with van der Waals surface area (Å²) in [4.78, 5) is 36.4. The molecule has 29 heavy (non-hydrogen) atoms. The van der Waals surface area contributed by atoms with Gasteiger partial charge in [-0.2, -0.15) is 0 Å². The average molecular weight is 400 g/mol. The average Bonchev–Trinajstić information content (AvgIpc) is 3.19. The third-order valence-corrected chi connectivity index (χ3v) is 4.06. The van der Waals surface area contributed by atoms with Crippen LogP contribution in [0.5, 0.6) is 17.2 Å². The highest BCUT2D eigenvalue weighted by Crippen LogP contribution is 2.34. The number of carbonyl (C=O) groups is 3. The zero-order valence-corrected chi connectivity index (χ0v) is 15.9. The highest BCUT2D eigenvalue weighted by molar-refractivity contribution is 5.99. The van der Waals surface area contributed by atoms with Crippen LogP contribution < -0.4 is 24.8 Å². The van der Waals surface area contributed by atoms with Crippen LogP contribution in [0, 0.1) is 0 Å². The number of benzene rings is 2. The fourth-order valence-electron chi connectivity index (χ4n) is 2.59. The summed E-state index contributed by atoms with van der Waals surface area (Å²) in [5, 5.41) is 5.07. The van der Waals surface area contributed by atoms with Crippen LogP contribution in [-0.2, 0) is 14.3 Å². The van der Waals surface area contributed by atoms with Crippen LogP contribution in [0.2, 0.25) is 0 Å². The molecule has 0 fully saturated rings. The van der Waals surface area contributed by atoms with Crippen LogP contribution in [-0.4, -0.2) is 44.3 Å². The predicted molar refractivity (Wildman–Crippen MR) is 102 cm³/mol. The molecule has 3 rings (SSSR count). The fraction of sp³-hybridized carbons (Fsp3) is 0.250. The van der Waals surface area contributed by atoms with E-state index in [9.17, 15) is 14.4 Å². The summed E-state index contributed by atoms with van der Waals surface area (Å²) in [6, 6.07) is 11.5. The highest BCUT2D eigenvalue weighted by atomic mass is 16.7. The molecule has 0 unspecified atom stereocenters. The fourth-order valence-corrected chi connectivity index (χ4v) is 2.59. The van der Waals surface area contributed by atoms with Gasteiger partial charge in [-0.15, -0.1) is 0 Å². The zero-order chi connectivity index (χ0) is 20.8. The summed E-state index contributed by atoms with van der Waals surface area (Å²) < 4.78 is 20.6. The van der Waals surface area contributed by atoms with E-state index < -0.39 is 30.4 Å². The van der Waals surface area contributed by atoms with Crippen molar-refractivity contribution in [2.75, 3.05) is 25.8 Å². The van der Waals surface area contributed by atoms with Gasteiger partial charge >= 0.3 is 5.97 Å². The van der Waals surface area contributed by atoms with Crippen LogP contribution in [0.25, 0.3) is 0 Å². The molecule has 0 aliphatic carbocycles. The van der Waals surface area contributed by atoms with Crippen LogP contribution >= 0.6 is 0 Å². The summed E-state index contributed by atoms with van der Waals surface area (Å²) >= 11 is 0. The molecule has 2 aromatic rings. The SMILES string of the molecule is COc1ccccc1C(=O)NCC(=O)O[C@@H](C)C(=O)Nc1ccc2c(c1)OCO2. The number of hydrogen-bond donors (Lipinski definition) is 2. The van der Waals surface area contributed by atoms with Crippen molar-refractivity contribution in [1.29, 1.82) is 0 Å². The maximum atomic E-state index is 12.2. The summed E-state index contributed by atoms with van der Waals surface area (Å²) in [7, 11) is 1.45.